The van der Waals surface area contributed by atoms with Gasteiger partial charge in [0.2, 0.25) is 5.95 Å². The number of benzene rings is 1. The monoisotopic (exact) mass is 442 g/mol. The van der Waals surface area contributed by atoms with Crippen LogP contribution in [-0.4, -0.2) is 53.5 Å². The summed E-state index contributed by atoms with van der Waals surface area (Å²) in [5.41, 5.74) is -3.42. The van der Waals surface area contributed by atoms with Crippen LogP contribution in [0.15, 0.2) is 35.1 Å². The fraction of sp³-hybridized carbons (Fsp3) is 0.421. The maximum absolute atomic E-state index is 14.1. The molecule has 160 valence electrons. The Hall–Kier alpha value is -2.59. The second-order valence-corrected chi connectivity index (χ2v) is 7.74. The van der Waals surface area contributed by atoms with Gasteiger partial charge in [-0.1, -0.05) is 23.7 Å². The first-order valence-electron chi connectivity index (χ1n) is 9.24. The highest BCUT2D eigenvalue weighted by Gasteiger charge is 2.62. The van der Waals surface area contributed by atoms with E-state index in [-0.39, 0.29) is 22.4 Å². The van der Waals surface area contributed by atoms with E-state index in [4.69, 9.17) is 16.3 Å². The molecule has 0 bridgehead atoms. The number of carbonyl (C=O) groups excluding carboxylic acids is 1. The van der Waals surface area contributed by atoms with Gasteiger partial charge in [-0.15, -0.1) is 0 Å². The minimum absolute atomic E-state index is 0.0113. The van der Waals surface area contributed by atoms with Gasteiger partial charge in [0.1, 0.15) is 5.82 Å². The summed E-state index contributed by atoms with van der Waals surface area (Å²) in [6.45, 7) is 1.81. The molecule has 1 aromatic heterocycles. The first-order chi connectivity index (χ1) is 14.1. The highest BCUT2D eigenvalue weighted by Crippen LogP contribution is 2.44. The molecule has 0 N–H and O–H groups in total. The first-order valence-corrected chi connectivity index (χ1v) is 9.62. The minimum Gasteiger partial charge on any atom is -0.378 e. The Morgan fingerprint density at radius 3 is 2.53 bits per heavy atom. The van der Waals surface area contributed by atoms with Gasteiger partial charge in [-0.05, 0) is 19.1 Å². The second-order valence-electron chi connectivity index (χ2n) is 7.33. The Kier molecular flexibility index (Phi) is 5.01. The molecular weight excluding hydrogens is 425 g/mol. The summed E-state index contributed by atoms with van der Waals surface area (Å²) in [6.07, 6.45) is -4.82. The number of nitrogens with zero attached hydrogens (tertiary/aromatic N) is 4. The van der Waals surface area contributed by atoms with Crippen molar-refractivity contribution in [3.63, 3.8) is 0 Å². The van der Waals surface area contributed by atoms with E-state index in [0.29, 0.717) is 31.2 Å². The van der Waals surface area contributed by atoms with Crippen molar-refractivity contribution in [1.82, 2.24) is 9.55 Å². The molecular formula is C19H18ClF3N4O3. The van der Waals surface area contributed by atoms with E-state index in [1.54, 1.807) is 11.0 Å². The molecule has 1 aromatic carbocycles. The summed E-state index contributed by atoms with van der Waals surface area (Å²) in [5.74, 6) is -1.12. The Labute approximate surface area is 174 Å². The average Bonchev–Trinajstić information content (AvgIpc) is 3.02. The highest BCUT2D eigenvalue weighted by molar-refractivity contribution is 6.34. The van der Waals surface area contributed by atoms with Crippen LogP contribution >= 0.6 is 11.6 Å². The average molecular weight is 443 g/mol. The summed E-state index contributed by atoms with van der Waals surface area (Å²) in [7, 11) is 0. The number of rotatable bonds is 2. The molecule has 2 aromatic rings. The lowest BCUT2D eigenvalue weighted by Crippen LogP contribution is -2.58. The van der Waals surface area contributed by atoms with Crippen LogP contribution in [0.5, 0.6) is 0 Å². The minimum atomic E-state index is -4.82. The Morgan fingerprint density at radius 2 is 1.90 bits per heavy atom. The van der Waals surface area contributed by atoms with Crippen LogP contribution in [0.3, 0.4) is 0 Å². The zero-order valence-corrected chi connectivity index (χ0v) is 16.7. The Morgan fingerprint density at radius 1 is 1.23 bits per heavy atom. The predicted molar refractivity (Wildman–Crippen MR) is 104 cm³/mol. The van der Waals surface area contributed by atoms with Crippen LogP contribution in [-0.2, 0) is 11.3 Å². The van der Waals surface area contributed by atoms with Crippen LogP contribution in [0, 0.1) is 0 Å². The number of carbonyl (C=O) groups is 1. The number of ether oxygens (including phenoxy) is 1. The van der Waals surface area contributed by atoms with Crippen LogP contribution in [0.1, 0.15) is 17.3 Å². The quantitative estimate of drug-likeness (QED) is 0.715. The maximum atomic E-state index is 14.1. The number of halogens is 4. The Balaban J connectivity index is 1.88. The topological polar surface area (TPSA) is 67.7 Å². The molecule has 2 aliphatic heterocycles. The van der Waals surface area contributed by atoms with Gasteiger partial charge in [0.15, 0.2) is 5.54 Å². The van der Waals surface area contributed by atoms with E-state index in [2.05, 4.69) is 4.98 Å². The Bertz CT molecular complexity index is 1050. The van der Waals surface area contributed by atoms with Crippen LogP contribution < -0.4 is 15.4 Å². The summed E-state index contributed by atoms with van der Waals surface area (Å²) in [4.78, 5) is 32.5. The van der Waals surface area contributed by atoms with Gasteiger partial charge in [-0.3, -0.25) is 19.1 Å². The van der Waals surface area contributed by atoms with Crippen molar-refractivity contribution in [3.8, 4) is 0 Å². The van der Waals surface area contributed by atoms with Crippen molar-refractivity contribution in [1.29, 1.82) is 0 Å². The van der Waals surface area contributed by atoms with Gasteiger partial charge >= 0.3 is 6.18 Å². The summed E-state index contributed by atoms with van der Waals surface area (Å²) >= 11 is 6.08. The number of hydrogen-bond donors (Lipinski definition) is 0. The van der Waals surface area contributed by atoms with Gasteiger partial charge in [0.25, 0.3) is 11.5 Å². The zero-order chi connectivity index (χ0) is 21.7. The molecule has 3 heterocycles. The predicted octanol–water partition coefficient (Wildman–Crippen LogP) is 2.71. The standard InChI is InChI=1S/C19H18ClF3N4O3/c1-18(19(21,22)23)11-26-15(28)10-14(25-6-8-30-9-7-25)24-17(26)27(18)16(29)12-4-2-3-5-13(12)20/h2-5,10H,6-9,11H2,1H3. The molecule has 1 saturated heterocycles. The van der Waals surface area contributed by atoms with Crippen molar-refractivity contribution in [2.75, 3.05) is 36.1 Å². The summed E-state index contributed by atoms with van der Waals surface area (Å²) in [5, 5.41) is 0.0113. The number of amides is 1. The molecule has 2 aliphatic rings. The second kappa shape index (κ2) is 7.28. The molecule has 1 unspecified atom stereocenters. The number of morpholine rings is 1. The van der Waals surface area contributed by atoms with Crippen molar-refractivity contribution in [3.05, 3.63) is 51.3 Å². The summed E-state index contributed by atoms with van der Waals surface area (Å²) < 4.78 is 48.5. The van der Waals surface area contributed by atoms with E-state index in [1.807, 2.05) is 0 Å². The van der Waals surface area contributed by atoms with Crippen LogP contribution in [0.2, 0.25) is 5.02 Å². The number of fused-ring (bicyclic) bond motifs is 1. The molecule has 1 fully saturated rings. The van der Waals surface area contributed by atoms with Crippen molar-refractivity contribution < 1.29 is 22.7 Å². The van der Waals surface area contributed by atoms with E-state index >= 15 is 0 Å². The molecule has 0 saturated carbocycles. The van der Waals surface area contributed by atoms with Gasteiger partial charge in [0, 0.05) is 19.2 Å². The third-order valence-corrected chi connectivity index (χ3v) is 5.72. The van der Waals surface area contributed by atoms with E-state index in [1.165, 1.54) is 24.3 Å². The largest absolute Gasteiger partial charge is 0.413 e. The normalized spacial score (nSPS) is 21.6. The molecule has 30 heavy (non-hydrogen) atoms. The fourth-order valence-electron chi connectivity index (χ4n) is 3.64. The maximum Gasteiger partial charge on any atom is 0.413 e. The molecule has 0 aliphatic carbocycles. The van der Waals surface area contributed by atoms with Crippen molar-refractivity contribution in [2.24, 2.45) is 0 Å². The lowest BCUT2D eigenvalue weighted by atomic mass is 9.99. The molecule has 0 radical (unpaired) electrons. The van der Waals surface area contributed by atoms with E-state index < -0.39 is 29.7 Å². The smallest absolute Gasteiger partial charge is 0.378 e. The molecule has 4 rings (SSSR count). The van der Waals surface area contributed by atoms with Gasteiger partial charge in [-0.25, -0.2) is 0 Å². The van der Waals surface area contributed by atoms with Crippen LogP contribution in [0.25, 0.3) is 0 Å². The molecule has 1 amide bonds. The van der Waals surface area contributed by atoms with Gasteiger partial charge in [-0.2, -0.15) is 18.2 Å². The highest BCUT2D eigenvalue weighted by atomic mass is 35.5. The molecule has 11 heteroatoms. The number of hydrogen-bond acceptors (Lipinski definition) is 5. The summed E-state index contributed by atoms with van der Waals surface area (Å²) in [6, 6.07) is 7.02. The van der Waals surface area contributed by atoms with E-state index in [0.717, 1.165) is 11.5 Å². The number of alkyl halides is 3. The van der Waals surface area contributed by atoms with Crippen molar-refractivity contribution >= 4 is 29.3 Å². The lowest BCUT2D eigenvalue weighted by molar-refractivity contribution is -0.180. The van der Waals surface area contributed by atoms with Gasteiger partial charge < -0.3 is 9.64 Å². The third-order valence-electron chi connectivity index (χ3n) is 5.39. The third kappa shape index (κ3) is 3.24. The molecule has 1 atom stereocenters. The molecule has 7 nitrogen and oxygen atoms in total. The lowest BCUT2D eigenvalue weighted by Gasteiger charge is -2.35. The molecule has 0 spiro atoms. The van der Waals surface area contributed by atoms with Gasteiger partial charge in [0.05, 0.1) is 30.3 Å². The number of anilines is 2. The zero-order valence-electron chi connectivity index (χ0n) is 15.9. The number of aromatic nitrogens is 2. The van der Waals surface area contributed by atoms with E-state index in [9.17, 15) is 22.8 Å². The van der Waals surface area contributed by atoms with Crippen molar-refractivity contribution in [2.45, 2.75) is 25.2 Å². The SMILES string of the molecule is CC1(C(F)(F)F)Cn2c(nc(N3CCOCC3)cc2=O)N1C(=O)c1ccccc1Cl. The first kappa shape index (κ1) is 20.7. The fourth-order valence-corrected chi connectivity index (χ4v) is 3.86. The van der Waals surface area contributed by atoms with Crippen LogP contribution in [0.4, 0.5) is 24.9 Å².